The average molecular weight is 436 g/mol. The second kappa shape index (κ2) is 8.70. The lowest BCUT2D eigenvalue weighted by Crippen LogP contribution is -2.41. The Morgan fingerprint density at radius 2 is 1.81 bits per heavy atom. The van der Waals surface area contributed by atoms with Gasteiger partial charge in [-0.25, -0.2) is 4.79 Å². The predicted molar refractivity (Wildman–Crippen MR) is 119 cm³/mol. The van der Waals surface area contributed by atoms with Crippen LogP contribution < -0.4 is 20.7 Å². The first-order chi connectivity index (χ1) is 15.5. The molecule has 2 aromatic heterocycles. The maximum atomic E-state index is 13.2. The van der Waals surface area contributed by atoms with Crippen molar-refractivity contribution in [1.82, 2.24) is 19.3 Å². The van der Waals surface area contributed by atoms with Crippen LogP contribution in [0.15, 0.2) is 56.6 Å². The van der Waals surface area contributed by atoms with Gasteiger partial charge in [-0.15, -0.1) is 0 Å². The second-order valence-electron chi connectivity index (χ2n) is 7.40. The summed E-state index contributed by atoms with van der Waals surface area (Å²) in [7, 11) is 3.11. The first kappa shape index (κ1) is 21.4. The molecule has 0 N–H and O–H groups in total. The van der Waals surface area contributed by atoms with Crippen LogP contribution in [0.1, 0.15) is 32.2 Å². The Morgan fingerprint density at radius 3 is 2.53 bits per heavy atom. The molecule has 2 heterocycles. The van der Waals surface area contributed by atoms with Crippen LogP contribution in [0, 0.1) is 0 Å². The Hall–Kier alpha value is -3.88. The lowest BCUT2D eigenvalue weighted by Gasteiger charge is -2.16. The standard InChI is InChI=1S/C23H24N4O5/c1-5-14(2)27-22(28)16-8-6-7-9-17(16)26(23(27)29)13-20-24-21(25-32-20)15-10-11-18(30-3)19(12-15)31-4/h6-12,14H,5,13H2,1-4H3/t14-/m0/s1. The minimum Gasteiger partial charge on any atom is -0.493 e. The fourth-order valence-electron chi connectivity index (χ4n) is 3.61. The van der Waals surface area contributed by atoms with Crippen molar-refractivity contribution < 1.29 is 14.0 Å². The molecular weight excluding hydrogens is 412 g/mol. The van der Waals surface area contributed by atoms with E-state index in [4.69, 9.17) is 14.0 Å². The zero-order valence-electron chi connectivity index (χ0n) is 18.4. The van der Waals surface area contributed by atoms with Gasteiger partial charge >= 0.3 is 5.69 Å². The number of methoxy groups -OCH3 is 2. The molecule has 0 fully saturated rings. The number of aromatic nitrogens is 4. The highest BCUT2D eigenvalue weighted by molar-refractivity contribution is 5.77. The van der Waals surface area contributed by atoms with Crippen LogP contribution >= 0.6 is 0 Å². The second-order valence-corrected chi connectivity index (χ2v) is 7.40. The molecule has 0 aliphatic carbocycles. The van der Waals surface area contributed by atoms with E-state index in [1.807, 2.05) is 13.8 Å². The van der Waals surface area contributed by atoms with Crippen molar-refractivity contribution >= 4 is 10.9 Å². The SMILES string of the molecule is CC[C@H](C)n1c(=O)c2ccccc2n(Cc2nc(-c3ccc(OC)c(OC)c3)no2)c1=O. The van der Waals surface area contributed by atoms with E-state index in [2.05, 4.69) is 10.1 Å². The van der Waals surface area contributed by atoms with E-state index in [0.29, 0.717) is 40.2 Å². The maximum Gasteiger partial charge on any atom is 0.332 e. The van der Waals surface area contributed by atoms with Gasteiger partial charge in [0.05, 0.1) is 25.1 Å². The number of rotatable bonds is 7. The summed E-state index contributed by atoms with van der Waals surface area (Å²) in [6.07, 6.45) is 0.650. The van der Waals surface area contributed by atoms with Crippen LogP contribution in [-0.4, -0.2) is 33.5 Å². The topological polar surface area (TPSA) is 101 Å². The highest BCUT2D eigenvalue weighted by Crippen LogP contribution is 2.31. The molecule has 2 aromatic carbocycles. The van der Waals surface area contributed by atoms with E-state index in [0.717, 1.165) is 0 Å². The Kier molecular flexibility index (Phi) is 5.81. The monoisotopic (exact) mass is 436 g/mol. The van der Waals surface area contributed by atoms with Crippen molar-refractivity contribution in [3.05, 3.63) is 69.2 Å². The van der Waals surface area contributed by atoms with Gasteiger partial charge in [0, 0.05) is 11.6 Å². The van der Waals surface area contributed by atoms with Crippen molar-refractivity contribution in [2.24, 2.45) is 0 Å². The number of para-hydroxylation sites is 1. The lowest BCUT2D eigenvalue weighted by molar-refractivity contribution is 0.355. The number of benzene rings is 2. The fraction of sp³-hybridized carbons (Fsp3) is 0.304. The molecule has 0 aliphatic rings. The number of nitrogens with zero attached hydrogens (tertiary/aromatic N) is 4. The molecular formula is C23H24N4O5. The van der Waals surface area contributed by atoms with Crippen molar-refractivity contribution in [3.63, 3.8) is 0 Å². The first-order valence-electron chi connectivity index (χ1n) is 10.3. The van der Waals surface area contributed by atoms with Crippen LogP contribution in [0.2, 0.25) is 0 Å². The molecule has 0 saturated heterocycles. The Bertz CT molecular complexity index is 1390. The molecule has 0 spiro atoms. The number of ether oxygens (including phenoxy) is 2. The van der Waals surface area contributed by atoms with E-state index >= 15 is 0 Å². The summed E-state index contributed by atoms with van der Waals surface area (Å²) in [5.41, 5.74) is 0.494. The van der Waals surface area contributed by atoms with Gasteiger partial charge in [0.1, 0.15) is 6.54 Å². The van der Waals surface area contributed by atoms with Crippen LogP contribution in [0.25, 0.3) is 22.3 Å². The van der Waals surface area contributed by atoms with Gasteiger partial charge in [-0.1, -0.05) is 24.2 Å². The minimum atomic E-state index is -0.408. The van der Waals surface area contributed by atoms with Crippen LogP contribution in [0.4, 0.5) is 0 Å². The molecule has 0 aliphatic heterocycles. The smallest absolute Gasteiger partial charge is 0.332 e. The summed E-state index contributed by atoms with van der Waals surface area (Å²) in [6, 6.07) is 12.1. The van der Waals surface area contributed by atoms with E-state index < -0.39 is 5.69 Å². The summed E-state index contributed by atoms with van der Waals surface area (Å²) in [6.45, 7) is 3.82. The Morgan fingerprint density at radius 1 is 1.06 bits per heavy atom. The first-order valence-corrected chi connectivity index (χ1v) is 10.3. The van der Waals surface area contributed by atoms with E-state index in [1.54, 1.807) is 56.7 Å². The zero-order chi connectivity index (χ0) is 22.8. The van der Waals surface area contributed by atoms with Gasteiger partial charge in [0.15, 0.2) is 11.5 Å². The molecule has 0 amide bonds. The summed E-state index contributed by atoms with van der Waals surface area (Å²) in [5, 5.41) is 4.51. The zero-order valence-corrected chi connectivity index (χ0v) is 18.4. The Balaban J connectivity index is 1.78. The third-order valence-electron chi connectivity index (χ3n) is 5.52. The van der Waals surface area contributed by atoms with Gasteiger partial charge in [-0.3, -0.25) is 13.9 Å². The number of hydrogen-bond donors (Lipinski definition) is 0. The predicted octanol–water partition coefficient (Wildman–Crippen LogP) is 3.25. The number of hydrogen-bond acceptors (Lipinski definition) is 7. The fourth-order valence-corrected chi connectivity index (χ4v) is 3.61. The molecule has 0 saturated carbocycles. The average Bonchev–Trinajstić information content (AvgIpc) is 3.29. The van der Waals surface area contributed by atoms with Crippen molar-refractivity contribution in [1.29, 1.82) is 0 Å². The molecule has 4 aromatic rings. The molecule has 0 unspecified atom stereocenters. The normalized spacial score (nSPS) is 12.1. The van der Waals surface area contributed by atoms with Gasteiger partial charge in [-0.05, 0) is 43.7 Å². The highest BCUT2D eigenvalue weighted by Gasteiger charge is 2.19. The summed E-state index contributed by atoms with van der Waals surface area (Å²) < 4.78 is 18.8. The summed E-state index contributed by atoms with van der Waals surface area (Å²) in [5.74, 6) is 1.73. The van der Waals surface area contributed by atoms with Gasteiger partial charge < -0.3 is 14.0 Å². The molecule has 32 heavy (non-hydrogen) atoms. The number of fused-ring (bicyclic) bond motifs is 1. The third kappa shape index (κ3) is 3.66. The van der Waals surface area contributed by atoms with Gasteiger partial charge in [0.2, 0.25) is 11.7 Å². The third-order valence-corrected chi connectivity index (χ3v) is 5.52. The molecule has 1 atom stereocenters. The Labute approximate surface area is 183 Å². The van der Waals surface area contributed by atoms with Crippen molar-refractivity contribution in [3.8, 4) is 22.9 Å². The molecule has 4 rings (SSSR count). The van der Waals surface area contributed by atoms with E-state index in [9.17, 15) is 9.59 Å². The maximum absolute atomic E-state index is 13.2. The van der Waals surface area contributed by atoms with E-state index in [-0.39, 0.29) is 24.0 Å². The minimum absolute atomic E-state index is 0.0380. The van der Waals surface area contributed by atoms with Gasteiger partial charge in [0.25, 0.3) is 5.56 Å². The van der Waals surface area contributed by atoms with Crippen LogP contribution in [0.5, 0.6) is 11.5 Å². The van der Waals surface area contributed by atoms with Crippen LogP contribution in [-0.2, 0) is 6.54 Å². The lowest BCUT2D eigenvalue weighted by atomic mass is 10.2. The molecule has 0 radical (unpaired) electrons. The molecule has 9 heteroatoms. The largest absolute Gasteiger partial charge is 0.493 e. The quantitative estimate of drug-likeness (QED) is 0.438. The molecule has 9 nitrogen and oxygen atoms in total. The summed E-state index contributed by atoms with van der Waals surface area (Å²) >= 11 is 0. The molecule has 166 valence electrons. The van der Waals surface area contributed by atoms with E-state index in [1.165, 1.54) is 9.13 Å². The highest BCUT2D eigenvalue weighted by atomic mass is 16.5. The van der Waals surface area contributed by atoms with Gasteiger partial charge in [-0.2, -0.15) is 4.98 Å². The van der Waals surface area contributed by atoms with Crippen molar-refractivity contribution in [2.45, 2.75) is 32.9 Å². The van der Waals surface area contributed by atoms with Crippen LogP contribution in [0.3, 0.4) is 0 Å². The summed E-state index contributed by atoms with van der Waals surface area (Å²) in [4.78, 5) is 30.6. The molecule has 0 bridgehead atoms. The van der Waals surface area contributed by atoms with Crippen molar-refractivity contribution in [2.75, 3.05) is 14.2 Å².